The Morgan fingerprint density at radius 2 is 1.74 bits per heavy atom. The monoisotopic (exact) mass is 311 g/mol. The molecular weight excluding hydrogens is 285 g/mol. The first-order valence-electron chi connectivity index (χ1n) is 8.40. The third-order valence-corrected chi connectivity index (χ3v) is 5.52. The average Bonchev–Trinajstić information content (AvgIpc) is 2.98. The highest BCUT2D eigenvalue weighted by Crippen LogP contribution is 2.44. The Hall–Kier alpha value is -1.28. The largest absolute Gasteiger partial charge is 0.463 e. The maximum absolute atomic E-state index is 6.23. The Kier molecular flexibility index (Phi) is 4.31. The van der Waals surface area contributed by atoms with Crippen molar-refractivity contribution in [2.24, 2.45) is 5.92 Å². The van der Waals surface area contributed by atoms with Gasteiger partial charge in [0.2, 0.25) is 0 Å². The molecular formula is C19H26BNO2. The molecule has 122 valence electrons. The van der Waals surface area contributed by atoms with Gasteiger partial charge in [-0.2, -0.15) is 0 Å². The molecule has 0 unspecified atom stereocenters. The van der Waals surface area contributed by atoms with Gasteiger partial charge in [-0.25, -0.2) is 0 Å². The minimum absolute atomic E-state index is 0.174. The highest BCUT2D eigenvalue weighted by molar-refractivity contribution is 6.48. The number of rotatable bonds is 3. The topological polar surface area (TPSA) is 21.7 Å². The molecule has 0 bridgehead atoms. The van der Waals surface area contributed by atoms with Crippen LogP contribution in [0.25, 0.3) is 0 Å². The predicted octanol–water partition coefficient (Wildman–Crippen LogP) is 3.21. The number of hydrogen-bond donors (Lipinski definition) is 0. The third-order valence-electron chi connectivity index (χ3n) is 5.52. The zero-order valence-corrected chi connectivity index (χ0v) is 14.6. The van der Waals surface area contributed by atoms with E-state index in [4.69, 9.17) is 15.7 Å². The van der Waals surface area contributed by atoms with E-state index in [1.54, 1.807) is 0 Å². The quantitative estimate of drug-likeness (QED) is 0.632. The minimum Gasteiger partial charge on any atom is -0.403 e. The van der Waals surface area contributed by atoms with Crippen molar-refractivity contribution in [3.05, 3.63) is 35.9 Å². The summed E-state index contributed by atoms with van der Waals surface area (Å²) in [5, 5.41) is 0. The Balaban J connectivity index is 1.70. The van der Waals surface area contributed by atoms with Gasteiger partial charge in [0, 0.05) is 31.4 Å². The van der Waals surface area contributed by atoms with Crippen molar-refractivity contribution in [3.8, 4) is 12.3 Å². The Morgan fingerprint density at radius 3 is 2.30 bits per heavy atom. The lowest BCUT2D eigenvalue weighted by Gasteiger charge is -2.32. The van der Waals surface area contributed by atoms with Gasteiger partial charge < -0.3 is 9.31 Å². The molecule has 4 heteroatoms. The number of hydrogen-bond acceptors (Lipinski definition) is 3. The van der Waals surface area contributed by atoms with Gasteiger partial charge in [-0.05, 0) is 33.3 Å². The molecule has 0 aliphatic carbocycles. The molecule has 0 N–H and O–H groups in total. The molecule has 2 aliphatic heterocycles. The van der Waals surface area contributed by atoms with Crippen molar-refractivity contribution in [1.82, 2.24) is 4.90 Å². The predicted molar refractivity (Wildman–Crippen MR) is 93.9 cm³/mol. The standard InChI is InChI=1S/C19H26BNO2/c1-6-16-13-21(12-15-10-8-7-9-11-15)14-17(16)20-22-18(2,3)19(4,5)23-20/h1,7-11,16-17H,12-14H2,2-5H3/t16-,17+/m0/s1. The molecule has 0 saturated carbocycles. The summed E-state index contributed by atoms with van der Waals surface area (Å²) in [5.74, 6) is 3.36. The third kappa shape index (κ3) is 3.19. The van der Waals surface area contributed by atoms with Crippen LogP contribution >= 0.6 is 0 Å². The molecule has 0 aromatic heterocycles. The van der Waals surface area contributed by atoms with Gasteiger partial charge in [-0.15, -0.1) is 12.3 Å². The Morgan fingerprint density at radius 1 is 1.13 bits per heavy atom. The first kappa shape index (κ1) is 16.6. The summed E-state index contributed by atoms with van der Waals surface area (Å²) < 4.78 is 12.5. The van der Waals surface area contributed by atoms with Gasteiger partial charge in [0.15, 0.2) is 0 Å². The summed E-state index contributed by atoms with van der Waals surface area (Å²) in [7, 11) is -0.221. The van der Waals surface area contributed by atoms with Crippen LogP contribution in [0.15, 0.2) is 30.3 Å². The summed E-state index contributed by atoms with van der Waals surface area (Å²) in [4.78, 5) is 2.41. The molecule has 2 aliphatic rings. The van der Waals surface area contributed by atoms with E-state index in [0.717, 1.165) is 19.6 Å². The first-order valence-corrected chi connectivity index (χ1v) is 8.40. The van der Waals surface area contributed by atoms with E-state index in [1.807, 2.05) is 6.07 Å². The van der Waals surface area contributed by atoms with E-state index >= 15 is 0 Å². The molecule has 3 rings (SSSR count). The van der Waals surface area contributed by atoms with Crippen molar-refractivity contribution < 1.29 is 9.31 Å². The Bertz CT molecular complexity index is 577. The number of terminal acetylenes is 1. The van der Waals surface area contributed by atoms with Gasteiger partial charge in [-0.3, -0.25) is 4.90 Å². The van der Waals surface area contributed by atoms with E-state index in [2.05, 4.69) is 62.8 Å². The maximum atomic E-state index is 6.23. The second-order valence-corrected chi connectivity index (χ2v) is 7.74. The molecule has 2 saturated heterocycles. The molecule has 0 radical (unpaired) electrons. The van der Waals surface area contributed by atoms with E-state index in [0.29, 0.717) is 0 Å². The second kappa shape index (κ2) is 5.98. The molecule has 2 heterocycles. The zero-order valence-electron chi connectivity index (χ0n) is 14.6. The van der Waals surface area contributed by atoms with Crippen LogP contribution in [0.1, 0.15) is 33.3 Å². The summed E-state index contributed by atoms with van der Waals surface area (Å²) in [6.07, 6.45) is 5.79. The van der Waals surface area contributed by atoms with Crippen molar-refractivity contribution in [1.29, 1.82) is 0 Å². The summed E-state index contributed by atoms with van der Waals surface area (Å²) in [6.45, 7) is 11.1. The molecule has 0 spiro atoms. The van der Waals surface area contributed by atoms with Crippen LogP contribution in [-0.4, -0.2) is 36.3 Å². The van der Waals surface area contributed by atoms with E-state index < -0.39 is 0 Å². The fourth-order valence-corrected chi connectivity index (χ4v) is 3.40. The molecule has 3 nitrogen and oxygen atoms in total. The van der Waals surface area contributed by atoms with Crippen molar-refractivity contribution >= 4 is 7.12 Å². The van der Waals surface area contributed by atoms with Crippen LogP contribution in [0.2, 0.25) is 5.82 Å². The normalized spacial score (nSPS) is 29.6. The van der Waals surface area contributed by atoms with Gasteiger partial charge in [0.25, 0.3) is 0 Å². The Labute approximate surface area is 140 Å². The van der Waals surface area contributed by atoms with E-state index in [9.17, 15) is 0 Å². The van der Waals surface area contributed by atoms with Crippen molar-refractivity contribution in [2.45, 2.75) is 51.3 Å². The van der Waals surface area contributed by atoms with Gasteiger partial charge in [0.05, 0.1) is 11.2 Å². The SMILES string of the molecule is C#C[C@H]1CN(Cc2ccccc2)C[C@H]1B1OC(C)(C)C(C)(C)O1. The van der Waals surface area contributed by atoms with Gasteiger partial charge >= 0.3 is 7.12 Å². The molecule has 2 fully saturated rings. The van der Waals surface area contributed by atoms with Gasteiger partial charge in [-0.1, -0.05) is 30.3 Å². The van der Waals surface area contributed by atoms with E-state index in [1.165, 1.54) is 5.56 Å². The smallest absolute Gasteiger partial charge is 0.403 e. The lowest BCUT2D eigenvalue weighted by molar-refractivity contribution is 0.00578. The average molecular weight is 311 g/mol. The lowest BCUT2D eigenvalue weighted by Crippen LogP contribution is -2.41. The van der Waals surface area contributed by atoms with Crippen molar-refractivity contribution in [2.75, 3.05) is 13.1 Å². The fourth-order valence-electron chi connectivity index (χ4n) is 3.40. The molecule has 1 aromatic rings. The zero-order chi connectivity index (χ0) is 16.7. The van der Waals surface area contributed by atoms with Gasteiger partial charge in [0.1, 0.15) is 0 Å². The van der Waals surface area contributed by atoms with Crippen molar-refractivity contribution in [3.63, 3.8) is 0 Å². The summed E-state index contributed by atoms with van der Waals surface area (Å²) in [5.41, 5.74) is 0.714. The van der Waals surface area contributed by atoms with Crippen LogP contribution < -0.4 is 0 Å². The highest BCUT2D eigenvalue weighted by atomic mass is 16.7. The van der Waals surface area contributed by atoms with E-state index in [-0.39, 0.29) is 30.1 Å². The summed E-state index contributed by atoms with van der Waals surface area (Å²) in [6, 6.07) is 10.5. The van der Waals surface area contributed by atoms with Crippen LogP contribution in [0, 0.1) is 18.3 Å². The second-order valence-electron chi connectivity index (χ2n) is 7.74. The fraction of sp³-hybridized carbons (Fsp3) is 0.579. The molecule has 1 aromatic carbocycles. The van der Waals surface area contributed by atoms with Crippen LogP contribution in [0.4, 0.5) is 0 Å². The lowest BCUT2D eigenvalue weighted by atomic mass is 9.66. The molecule has 2 atom stereocenters. The molecule has 23 heavy (non-hydrogen) atoms. The van der Waals surface area contributed by atoms with Crippen LogP contribution in [0.5, 0.6) is 0 Å². The molecule has 0 amide bonds. The minimum atomic E-state index is -0.302. The highest BCUT2D eigenvalue weighted by Gasteiger charge is 2.56. The number of nitrogens with zero attached hydrogens (tertiary/aromatic N) is 1. The maximum Gasteiger partial charge on any atom is 0.463 e. The van der Waals surface area contributed by atoms with Crippen LogP contribution in [0.3, 0.4) is 0 Å². The number of benzene rings is 1. The van der Waals surface area contributed by atoms with Crippen LogP contribution in [-0.2, 0) is 15.9 Å². The summed E-state index contributed by atoms with van der Waals surface area (Å²) >= 11 is 0. The first-order chi connectivity index (χ1) is 10.8. The number of likely N-dealkylation sites (tertiary alicyclic amines) is 1.